The maximum Gasteiger partial charge on any atom is 0.254 e. The Labute approximate surface area is 132 Å². The number of thiophene rings is 1. The molecule has 2 heterocycles. The standard InChI is InChI=1S/C14H15NO3S3/c1-21(17,18)13-9-19-7-5-15(13)14(16)11-2-3-12-10(8-11)4-6-20-12/h2-4,6,8,13H,5,7,9H2,1H3. The smallest absolute Gasteiger partial charge is 0.254 e. The normalized spacial score (nSPS) is 19.9. The highest BCUT2D eigenvalue weighted by atomic mass is 32.2. The first-order valence-electron chi connectivity index (χ1n) is 6.51. The highest BCUT2D eigenvalue weighted by Gasteiger charge is 2.34. The van der Waals surface area contributed by atoms with Crippen molar-refractivity contribution in [1.29, 1.82) is 0 Å². The van der Waals surface area contributed by atoms with Crippen LogP contribution in [0.4, 0.5) is 0 Å². The summed E-state index contributed by atoms with van der Waals surface area (Å²) in [6.07, 6.45) is 1.20. The number of sulfone groups is 1. The fourth-order valence-corrected chi connectivity index (χ4v) is 6.02. The summed E-state index contributed by atoms with van der Waals surface area (Å²) in [6.45, 7) is 0.475. The average molecular weight is 341 g/mol. The van der Waals surface area contributed by atoms with Crippen LogP contribution >= 0.6 is 23.1 Å². The second kappa shape index (κ2) is 5.62. The van der Waals surface area contributed by atoms with Gasteiger partial charge in [0.05, 0.1) is 0 Å². The zero-order chi connectivity index (χ0) is 15.0. The number of carbonyl (C=O) groups excluding carboxylic acids is 1. The van der Waals surface area contributed by atoms with Gasteiger partial charge in [0.25, 0.3) is 5.91 Å². The number of carbonyl (C=O) groups is 1. The highest BCUT2D eigenvalue weighted by Crippen LogP contribution is 2.25. The van der Waals surface area contributed by atoms with Crippen LogP contribution in [0.1, 0.15) is 10.4 Å². The lowest BCUT2D eigenvalue weighted by atomic mass is 10.1. The Morgan fingerprint density at radius 3 is 2.90 bits per heavy atom. The van der Waals surface area contributed by atoms with Crippen LogP contribution in [0.15, 0.2) is 29.6 Å². The summed E-state index contributed by atoms with van der Waals surface area (Å²) < 4.78 is 24.9. The van der Waals surface area contributed by atoms with Crippen molar-refractivity contribution in [1.82, 2.24) is 4.90 Å². The quantitative estimate of drug-likeness (QED) is 0.842. The van der Waals surface area contributed by atoms with Crippen LogP contribution in [0.3, 0.4) is 0 Å². The van der Waals surface area contributed by atoms with Gasteiger partial charge in [-0.1, -0.05) is 0 Å². The predicted octanol–water partition coefficient (Wildman–Crippen LogP) is 2.46. The van der Waals surface area contributed by atoms with Crippen LogP contribution in [0.5, 0.6) is 0 Å². The maximum absolute atomic E-state index is 12.7. The number of hydrogen-bond acceptors (Lipinski definition) is 5. The molecule has 2 aromatic rings. The Balaban J connectivity index is 1.95. The van der Waals surface area contributed by atoms with E-state index in [0.29, 0.717) is 17.9 Å². The van der Waals surface area contributed by atoms with Gasteiger partial charge in [0.15, 0.2) is 9.84 Å². The summed E-state index contributed by atoms with van der Waals surface area (Å²) in [4.78, 5) is 14.2. The third kappa shape index (κ3) is 2.95. The van der Waals surface area contributed by atoms with Crippen LogP contribution in [0.25, 0.3) is 10.1 Å². The molecule has 3 rings (SSSR count). The van der Waals surface area contributed by atoms with E-state index >= 15 is 0 Å². The molecule has 4 nitrogen and oxygen atoms in total. The third-order valence-corrected chi connectivity index (χ3v) is 7.08. The van der Waals surface area contributed by atoms with Crippen LogP contribution in [-0.4, -0.2) is 48.9 Å². The van der Waals surface area contributed by atoms with Gasteiger partial charge in [-0.15, -0.1) is 11.3 Å². The van der Waals surface area contributed by atoms with Crippen LogP contribution < -0.4 is 0 Å². The van der Waals surface area contributed by atoms with E-state index in [2.05, 4.69) is 0 Å². The third-order valence-electron chi connectivity index (χ3n) is 3.54. The maximum atomic E-state index is 12.7. The topological polar surface area (TPSA) is 54.5 Å². The molecule has 112 valence electrons. The first-order chi connectivity index (χ1) is 9.97. The lowest BCUT2D eigenvalue weighted by molar-refractivity contribution is 0.0750. The number of hydrogen-bond donors (Lipinski definition) is 0. The molecule has 21 heavy (non-hydrogen) atoms. The van der Waals surface area contributed by atoms with Crippen molar-refractivity contribution >= 4 is 48.9 Å². The van der Waals surface area contributed by atoms with Gasteiger partial charge in [0.2, 0.25) is 0 Å². The molecule has 0 radical (unpaired) electrons. The molecular formula is C14H15NO3S3. The molecule has 1 amide bonds. The Morgan fingerprint density at radius 1 is 1.33 bits per heavy atom. The SMILES string of the molecule is CS(=O)(=O)C1CSCCN1C(=O)c1ccc2sccc2c1. The van der Waals surface area contributed by atoms with E-state index in [1.807, 2.05) is 23.6 Å². The van der Waals surface area contributed by atoms with Gasteiger partial charge in [-0.25, -0.2) is 8.42 Å². The molecule has 0 N–H and O–H groups in total. The van der Waals surface area contributed by atoms with Gasteiger partial charge in [0, 0.05) is 34.6 Å². The molecule has 0 bridgehead atoms. The van der Waals surface area contributed by atoms with E-state index in [1.165, 1.54) is 11.2 Å². The average Bonchev–Trinajstić information content (AvgIpc) is 2.93. The zero-order valence-electron chi connectivity index (χ0n) is 11.5. The first-order valence-corrected chi connectivity index (χ1v) is 10.5. The highest BCUT2D eigenvalue weighted by molar-refractivity contribution is 8.00. The molecule has 1 aromatic carbocycles. The number of rotatable bonds is 2. The molecule has 1 aromatic heterocycles. The minimum atomic E-state index is -3.27. The van der Waals surface area contributed by atoms with Gasteiger partial charge in [-0.2, -0.15) is 11.8 Å². The van der Waals surface area contributed by atoms with Crippen molar-refractivity contribution in [2.45, 2.75) is 5.37 Å². The van der Waals surface area contributed by atoms with Crippen LogP contribution in [0, 0.1) is 0 Å². The molecule has 1 fully saturated rings. The molecule has 1 saturated heterocycles. The molecular weight excluding hydrogens is 326 g/mol. The van der Waals surface area contributed by atoms with Gasteiger partial charge < -0.3 is 4.90 Å². The number of amides is 1. The van der Waals surface area contributed by atoms with E-state index in [1.54, 1.807) is 29.2 Å². The lowest BCUT2D eigenvalue weighted by Gasteiger charge is -2.34. The second-order valence-electron chi connectivity index (χ2n) is 5.03. The zero-order valence-corrected chi connectivity index (χ0v) is 13.9. The van der Waals surface area contributed by atoms with E-state index in [0.717, 1.165) is 15.8 Å². The lowest BCUT2D eigenvalue weighted by Crippen LogP contribution is -2.49. The first kappa shape index (κ1) is 14.9. The van der Waals surface area contributed by atoms with Crippen molar-refractivity contribution in [3.05, 3.63) is 35.2 Å². The summed E-state index contributed by atoms with van der Waals surface area (Å²) >= 11 is 3.20. The van der Waals surface area contributed by atoms with E-state index in [-0.39, 0.29) is 5.91 Å². The van der Waals surface area contributed by atoms with Gasteiger partial charge >= 0.3 is 0 Å². The molecule has 0 saturated carbocycles. The number of nitrogens with zero attached hydrogens (tertiary/aromatic N) is 1. The fourth-order valence-electron chi connectivity index (χ4n) is 2.43. The Bertz CT molecular complexity index is 782. The van der Waals surface area contributed by atoms with Crippen molar-refractivity contribution in [3.63, 3.8) is 0 Å². The van der Waals surface area contributed by atoms with Crippen LogP contribution in [-0.2, 0) is 9.84 Å². The Hall–Kier alpha value is -1.05. The minimum Gasteiger partial charge on any atom is -0.320 e. The monoisotopic (exact) mass is 341 g/mol. The molecule has 1 atom stereocenters. The summed E-state index contributed by atoms with van der Waals surface area (Å²) in [5.74, 6) is 1.03. The summed E-state index contributed by atoms with van der Waals surface area (Å²) in [7, 11) is -3.27. The summed E-state index contributed by atoms with van der Waals surface area (Å²) in [5, 5.41) is 2.28. The second-order valence-corrected chi connectivity index (χ2v) is 9.33. The van der Waals surface area contributed by atoms with Gasteiger partial charge in [-0.3, -0.25) is 4.79 Å². The Morgan fingerprint density at radius 2 is 2.14 bits per heavy atom. The number of benzene rings is 1. The molecule has 0 spiro atoms. The Kier molecular flexibility index (Phi) is 3.98. The number of fused-ring (bicyclic) bond motifs is 1. The molecule has 1 aliphatic rings. The van der Waals surface area contributed by atoms with Crippen LogP contribution in [0.2, 0.25) is 0 Å². The summed E-state index contributed by atoms with van der Waals surface area (Å²) in [6, 6.07) is 7.51. The minimum absolute atomic E-state index is 0.196. The molecule has 1 aliphatic heterocycles. The van der Waals surface area contributed by atoms with Crippen molar-refractivity contribution < 1.29 is 13.2 Å². The van der Waals surface area contributed by atoms with E-state index < -0.39 is 15.2 Å². The molecule has 1 unspecified atom stereocenters. The largest absolute Gasteiger partial charge is 0.320 e. The van der Waals surface area contributed by atoms with Crippen molar-refractivity contribution in [2.24, 2.45) is 0 Å². The fraction of sp³-hybridized carbons (Fsp3) is 0.357. The van der Waals surface area contributed by atoms with E-state index in [9.17, 15) is 13.2 Å². The van der Waals surface area contributed by atoms with Crippen molar-refractivity contribution in [2.75, 3.05) is 24.3 Å². The van der Waals surface area contributed by atoms with Crippen molar-refractivity contribution in [3.8, 4) is 0 Å². The predicted molar refractivity (Wildman–Crippen MR) is 88.8 cm³/mol. The summed E-state index contributed by atoms with van der Waals surface area (Å²) in [5.41, 5.74) is 0.557. The van der Waals surface area contributed by atoms with E-state index in [4.69, 9.17) is 0 Å². The van der Waals surface area contributed by atoms with Gasteiger partial charge in [-0.05, 0) is 35.0 Å². The molecule has 0 aliphatic carbocycles. The molecule has 7 heteroatoms. The number of thioether (sulfide) groups is 1. The van der Waals surface area contributed by atoms with Gasteiger partial charge in [0.1, 0.15) is 5.37 Å².